The van der Waals surface area contributed by atoms with Gasteiger partial charge in [0, 0.05) is 6.42 Å². The maximum atomic E-state index is 9.37. The first-order valence-corrected chi connectivity index (χ1v) is 4.49. The SMILES string of the molecule is C1CCCCC1.CCC(=O)O. The van der Waals surface area contributed by atoms with Gasteiger partial charge in [0.15, 0.2) is 0 Å². The van der Waals surface area contributed by atoms with Crippen molar-refractivity contribution in [3.63, 3.8) is 0 Å². The third kappa shape index (κ3) is 9.47. The number of aliphatic carboxylic acids is 1. The van der Waals surface area contributed by atoms with Gasteiger partial charge in [0.05, 0.1) is 0 Å². The normalized spacial score (nSPS) is 16.5. The predicted octanol–water partition coefficient (Wildman–Crippen LogP) is 2.82. The van der Waals surface area contributed by atoms with Crippen LogP contribution in [0.2, 0.25) is 0 Å². The Morgan fingerprint density at radius 2 is 1.27 bits per heavy atom. The summed E-state index contributed by atoms with van der Waals surface area (Å²) in [6.45, 7) is 1.60. The van der Waals surface area contributed by atoms with Crippen molar-refractivity contribution in [2.45, 2.75) is 51.9 Å². The van der Waals surface area contributed by atoms with Gasteiger partial charge in [-0.25, -0.2) is 0 Å². The molecule has 0 heterocycles. The van der Waals surface area contributed by atoms with E-state index in [1.54, 1.807) is 6.92 Å². The minimum absolute atomic E-state index is 0.222. The number of rotatable bonds is 1. The summed E-state index contributed by atoms with van der Waals surface area (Å²) in [5, 5.41) is 7.72. The molecule has 0 radical (unpaired) electrons. The van der Waals surface area contributed by atoms with Crippen LogP contribution < -0.4 is 0 Å². The summed E-state index contributed by atoms with van der Waals surface area (Å²) in [5.41, 5.74) is 0. The monoisotopic (exact) mass is 158 g/mol. The minimum Gasteiger partial charge on any atom is -0.481 e. The second-order valence-electron chi connectivity index (χ2n) is 2.87. The standard InChI is InChI=1S/C6H12.C3H6O2/c1-2-4-6-5-3-1;1-2-3(4)5/h1-6H2;2H2,1H3,(H,4,5). The van der Waals surface area contributed by atoms with Crippen molar-refractivity contribution in [1.29, 1.82) is 0 Å². The largest absolute Gasteiger partial charge is 0.481 e. The average Bonchev–Trinajstić information content (AvgIpc) is 2.09. The van der Waals surface area contributed by atoms with Crippen molar-refractivity contribution in [3.05, 3.63) is 0 Å². The smallest absolute Gasteiger partial charge is 0.303 e. The molecule has 0 aromatic heterocycles. The van der Waals surface area contributed by atoms with Crippen LogP contribution >= 0.6 is 0 Å². The Labute approximate surface area is 68.6 Å². The molecule has 11 heavy (non-hydrogen) atoms. The lowest BCUT2D eigenvalue weighted by Gasteiger charge is -2.05. The molecule has 0 atom stereocenters. The van der Waals surface area contributed by atoms with Gasteiger partial charge in [-0.2, -0.15) is 0 Å². The van der Waals surface area contributed by atoms with Crippen LogP contribution in [0.3, 0.4) is 0 Å². The summed E-state index contributed by atoms with van der Waals surface area (Å²) >= 11 is 0. The lowest BCUT2D eigenvalue weighted by molar-refractivity contribution is -0.136. The second-order valence-corrected chi connectivity index (χ2v) is 2.87. The zero-order valence-corrected chi connectivity index (χ0v) is 7.31. The molecule has 1 fully saturated rings. The quantitative estimate of drug-likeness (QED) is 0.637. The van der Waals surface area contributed by atoms with Crippen LogP contribution in [-0.2, 0) is 4.79 Å². The Kier molecular flexibility index (Phi) is 7.21. The van der Waals surface area contributed by atoms with Crippen LogP contribution in [0.5, 0.6) is 0 Å². The second kappa shape index (κ2) is 7.58. The lowest BCUT2D eigenvalue weighted by Crippen LogP contribution is -1.86. The predicted molar refractivity (Wildman–Crippen MR) is 45.6 cm³/mol. The number of carbonyl (C=O) groups is 1. The Morgan fingerprint density at radius 1 is 1.09 bits per heavy atom. The van der Waals surface area contributed by atoms with E-state index < -0.39 is 5.97 Å². The van der Waals surface area contributed by atoms with Gasteiger partial charge in [-0.3, -0.25) is 4.79 Å². The fraction of sp³-hybridized carbons (Fsp3) is 0.889. The first-order valence-electron chi connectivity index (χ1n) is 4.49. The van der Waals surface area contributed by atoms with E-state index in [2.05, 4.69) is 0 Å². The zero-order valence-electron chi connectivity index (χ0n) is 7.31. The zero-order chi connectivity index (χ0) is 8.53. The van der Waals surface area contributed by atoms with Crippen molar-refractivity contribution in [2.75, 3.05) is 0 Å². The third-order valence-electron chi connectivity index (χ3n) is 1.80. The number of hydrogen-bond donors (Lipinski definition) is 1. The van der Waals surface area contributed by atoms with Crippen LogP contribution in [0.1, 0.15) is 51.9 Å². The number of hydrogen-bond acceptors (Lipinski definition) is 1. The lowest BCUT2D eigenvalue weighted by atomic mass is 10.0. The molecule has 0 bridgehead atoms. The molecule has 1 N–H and O–H groups in total. The molecule has 0 aromatic rings. The Bertz CT molecular complexity index is 84.2. The van der Waals surface area contributed by atoms with Crippen molar-refractivity contribution in [3.8, 4) is 0 Å². The van der Waals surface area contributed by atoms with Gasteiger partial charge in [-0.1, -0.05) is 45.4 Å². The first kappa shape index (κ1) is 10.5. The van der Waals surface area contributed by atoms with E-state index in [1.807, 2.05) is 0 Å². The van der Waals surface area contributed by atoms with Gasteiger partial charge in [-0.05, 0) is 0 Å². The van der Waals surface area contributed by atoms with Crippen LogP contribution in [-0.4, -0.2) is 11.1 Å². The molecule has 1 rings (SSSR count). The van der Waals surface area contributed by atoms with Gasteiger partial charge in [0.25, 0.3) is 0 Å². The summed E-state index contributed by atoms with van der Waals surface area (Å²) < 4.78 is 0. The third-order valence-corrected chi connectivity index (χ3v) is 1.80. The molecule has 66 valence electrons. The molecule has 1 aliphatic rings. The summed E-state index contributed by atoms with van der Waals surface area (Å²) in [6.07, 6.45) is 9.22. The maximum Gasteiger partial charge on any atom is 0.303 e. The number of carboxylic acids is 1. The molecule has 0 aliphatic heterocycles. The minimum atomic E-state index is -0.745. The van der Waals surface area contributed by atoms with E-state index in [1.165, 1.54) is 38.5 Å². The maximum absolute atomic E-state index is 9.37. The molecule has 2 heteroatoms. The first-order chi connectivity index (χ1) is 5.27. The molecular weight excluding hydrogens is 140 g/mol. The summed E-state index contributed by atoms with van der Waals surface area (Å²) in [4.78, 5) is 9.37. The van der Waals surface area contributed by atoms with Crippen molar-refractivity contribution >= 4 is 5.97 Å². The van der Waals surface area contributed by atoms with E-state index in [9.17, 15) is 4.79 Å². The highest BCUT2D eigenvalue weighted by Gasteiger charge is 1.95. The molecule has 1 saturated carbocycles. The highest BCUT2D eigenvalue weighted by Crippen LogP contribution is 2.15. The highest BCUT2D eigenvalue weighted by atomic mass is 16.4. The number of carboxylic acid groups (broad SMARTS) is 1. The van der Waals surface area contributed by atoms with Gasteiger partial charge >= 0.3 is 5.97 Å². The summed E-state index contributed by atoms with van der Waals surface area (Å²) in [6, 6.07) is 0. The van der Waals surface area contributed by atoms with Crippen molar-refractivity contribution < 1.29 is 9.90 Å². The molecule has 0 unspecified atom stereocenters. The van der Waals surface area contributed by atoms with E-state index in [0.717, 1.165) is 0 Å². The summed E-state index contributed by atoms with van der Waals surface area (Å²) in [5.74, 6) is -0.745. The van der Waals surface area contributed by atoms with Gasteiger partial charge in [0.1, 0.15) is 0 Å². The fourth-order valence-electron chi connectivity index (χ4n) is 1.06. The van der Waals surface area contributed by atoms with Crippen LogP contribution in [0.15, 0.2) is 0 Å². The molecule has 1 aliphatic carbocycles. The molecule has 0 aromatic carbocycles. The van der Waals surface area contributed by atoms with Crippen molar-refractivity contribution in [2.24, 2.45) is 0 Å². The fourth-order valence-corrected chi connectivity index (χ4v) is 1.06. The summed E-state index contributed by atoms with van der Waals surface area (Å²) in [7, 11) is 0. The van der Waals surface area contributed by atoms with E-state index in [-0.39, 0.29) is 6.42 Å². The Balaban J connectivity index is 0.000000187. The molecule has 0 amide bonds. The molecule has 0 spiro atoms. The topological polar surface area (TPSA) is 37.3 Å². The molecular formula is C9H18O2. The Morgan fingerprint density at radius 3 is 1.36 bits per heavy atom. The van der Waals surface area contributed by atoms with Crippen LogP contribution in [0, 0.1) is 0 Å². The Hall–Kier alpha value is -0.530. The van der Waals surface area contributed by atoms with Crippen LogP contribution in [0.4, 0.5) is 0 Å². The van der Waals surface area contributed by atoms with E-state index >= 15 is 0 Å². The molecule has 0 saturated heterocycles. The van der Waals surface area contributed by atoms with Gasteiger partial charge < -0.3 is 5.11 Å². The molecule has 2 nitrogen and oxygen atoms in total. The average molecular weight is 158 g/mol. The van der Waals surface area contributed by atoms with E-state index in [0.29, 0.717) is 0 Å². The van der Waals surface area contributed by atoms with Gasteiger partial charge in [0.2, 0.25) is 0 Å². The van der Waals surface area contributed by atoms with Crippen molar-refractivity contribution in [1.82, 2.24) is 0 Å². The van der Waals surface area contributed by atoms with E-state index in [4.69, 9.17) is 5.11 Å². The van der Waals surface area contributed by atoms with Gasteiger partial charge in [-0.15, -0.1) is 0 Å². The van der Waals surface area contributed by atoms with Crippen LogP contribution in [0.25, 0.3) is 0 Å². The highest BCUT2D eigenvalue weighted by molar-refractivity contribution is 5.66.